The topological polar surface area (TPSA) is 64.7 Å². The summed E-state index contributed by atoms with van der Waals surface area (Å²) in [6.07, 6.45) is 0.794. The van der Waals surface area contributed by atoms with Gasteiger partial charge >= 0.3 is 0 Å². The minimum absolute atomic E-state index is 0.0536. The zero-order valence-corrected chi connectivity index (χ0v) is 13.9. The van der Waals surface area contributed by atoms with Gasteiger partial charge in [-0.25, -0.2) is 4.98 Å². The highest BCUT2D eigenvalue weighted by Gasteiger charge is 2.22. The normalized spacial score (nSPS) is 13.1. The van der Waals surface area contributed by atoms with Gasteiger partial charge < -0.3 is 9.88 Å². The van der Waals surface area contributed by atoms with E-state index >= 15 is 0 Å². The van der Waals surface area contributed by atoms with Gasteiger partial charge in [0.15, 0.2) is 5.65 Å². The van der Waals surface area contributed by atoms with Gasteiger partial charge in [-0.3, -0.25) is 9.48 Å². The van der Waals surface area contributed by atoms with E-state index in [0.29, 0.717) is 5.82 Å². The van der Waals surface area contributed by atoms with E-state index in [1.807, 2.05) is 39.3 Å². The van der Waals surface area contributed by atoms with Gasteiger partial charge in [0.1, 0.15) is 17.9 Å². The Morgan fingerprint density at radius 3 is 2.57 bits per heavy atom. The molecule has 2 heterocycles. The number of nitrogens with one attached hydrogen (secondary N) is 1. The summed E-state index contributed by atoms with van der Waals surface area (Å²) < 4.78 is 3.63. The summed E-state index contributed by atoms with van der Waals surface area (Å²) >= 11 is 6.23. The van der Waals surface area contributed by atoms with Crippen molar-refractivity contribution in [3.8, 4) is 0 Å². The number of carbonyl (C=O) groups is 1. The molecule has 1 amide bonds. The Bertz CT molecular complexity index is 656. The monoisotopic (exact) mass is 311 g/mol. The Morgan fingerprint density at radius 2 is 2.05 bits per heavy atom. The molecule has 0 fully saturated rings. The number of hydrogen-bond donors (Lipinski definition) is 1. The predicted molar refractivity (Wildman–Crippen MR) is 83.4 cm³/mol. The number of halogens is 1. The second kappa shape index (κ2) is 6.05. The second-order valence-corrected chi connectivity index (χ2v) is 6.15. The van der Waals surface area contributed by atoms with Crippen LogP contribution in [0.2, 0.25) is 0 Å². The first kappa shape index (κ1) is 15.8. The van der Waals surface area contributed by atoms with Crippen LogP contribution in [0.15, 0.2) is 0 Å². The molecular weight excluding hydrogens is 290 g/mol. The van der Waals surface area contributed by atoms with E-state index in [-0.39, 0.29) is 23.9 Å². The third-order valence-corrected chi connectivity index (χ3v) is 3.46. The zero-order chi connectivity index (χ0) is 15.7. The van der Waals surface area contributed by atoms with Gasteiger partial charge in [-0.15, -0.1) is 11.6 Å². The lowest BCUT2D eigenvalue weighted by Gasteiger charge is -2.12. The number of imidazole rings is 1. The van der Waals surface area contributed by atoms with E-state index in [2.05, 4.69) is 15.4 Å². The molecule has 0 spiro atoms. The fourth-order valence-corrected chi connectivity index (χ4v) is 2.63. The van der Waals surface area contributed by atoms with Crippen molar-refractivity contribution in [2.75, 3.05) is 0 Å². The molecule has 116 valence electrons. The summed E-state index contributed by atoms with van der Waals surface area (Å²) in [7, 11) is 1.86. The summed E-state index contributed by atoms with van der Waals surface area (Å²) in [6.45, 7) is 7.97. The Morgan fingerprint density at radius 1 is 1.38 bits per heavy atom. The molecule has 0 aliphatic heterocycles. The predicted octanol–water partition coefficient (Wildman–Crippen LogP) is 2.16. The average molecular weight is 312 g/mol. The lowest BCUT2D eigenvalue weighted by molar-refractivity contribution is -0.122. The smallest absolute Gasteiger partial charge is 0.240 e. The summed E-state index contributed by atoms with van der Waals surface area (Å²) in [5, 5.41) is 7.08. The Kier molecular flexibility index (Phi) is 4.56. The van der Waals surface area contributed by atoms with Crippen molar-refractivity contribution in [2.45, 2.75) is 52.1 Å². The lowest BCUT2D eigenvalue weighted by Crippen LogP contribution is -2.33. The molecule has 0 bridgehead atoms. The van der Waals surface area contributed by atoms with E-state index in [1.165, 1.54) is 0 Å². The highest BCUT2D eigenvalue weighted by Crippen LogP contribution is 2.26. The van der Waals surface area contributed by atoms with E-state index < -0.39 is 0 Å². The molecular formula is C14H22ClN5O. The number of rotatable bonds is 5. The number of hydrogen-bond acceptors (Lipinski definition) is 3. The number of amides is 1. The number of nitrogens with zero attached hydrogens (tertiary/aromatic N) is 4. The number of aromatic nitrogens is 4. The van der Waals surface area contributed by atoms with Gasteiger partial charge in [0, 0.05) is 13.1 Å². The molecule has 7 heteroatoms. The van der Waals surface area contributed by atoms with Crippen LogP contribution in [0.3, 0.4) is 0 Å². The summed E-state index contributed by atoms with van der Waals surface area (Å²) in [4.78, 5) is 16.7. The summed E-state index contributed by atoms with van der Waals surface area (Å²) in [6, 6.07) is 0.103. The maximum atomic E-state index is 12.1. The van der Waals surface area contributed by atoms with Gasteiger partial charge in [0.05, 0.1) is 11.1 Å². The van der Waals surface area contributed by atoms with Gasteiger partial charge in [0.2, 0.25) is 5.91 Å². The highest BCUT2D eigenvalue weighted by atomic mass is 35.5. The van der Waals surface area contributed by atoms with Crippen molar-refractivity contribution >= 4 is 28.7 Å². The Labute approximate surface area is 129 Å². The molecule has 0 aliphatic carbocycles. The molecule has 0 saturated carbocycles. The SMILES string of the molecule is CCc1nn(C)c2c1nc(C(C)Cl)n2CC(=O)NC(C)C. The first-order chi connectivity index (χ1) is 9.85. The summed E-state index contributed by atoms with van der Waals surface area (Å²) in [5.74, 6) is 0.649. The molecule has 2 aromatic heterocycles. The molecule has 0 radical (unpaired) electrons. The van der Waals surface area contributed by atoms with E-state index in [9.17, 15) is 4.79 Å². The molecule has 0 aliphatic rings. The van der Waals surface area contributed by atoms with Crippen LogP contribution in [-0.4, -0.2) is 31.3 Å². The molecule has 6 nitrogen and oxygen atoms in total. The first-order valence-electron chi connectivity index (χ1n) is 7.20. The quantitative estimate of drug-likeness (QED) is 0.861. The van der Waals surface area contributed by atoms with Crippen LogP contribution < -0.4 is 5.32 Å². The number of alkyl halides is 1. The van der Waals surface area contributed by atoms with E-state index in [0.717, 1.165) is 23.3 Å². The van der Waals surface area contributed by atoms with Gasteiger partial charge in [-0.1, -0.05) is 6.92 Å². The number of aryl methyl sites for hydroxylation is 2. The molecule has 1 unspecified atom stereocenters. The van der Waals surface area contributed by atoms with Gasteiger partial charge in [-0.2, -0.15) is 5.10 Å². The fourth-order valence-electron chi connectivity index (χ4n) is 2.47. The molecule has 2 rings (SSSR count). The maximum Gasteiger partial charge on any atom is 0.240 e. The van der Waals surface area contributed by atoms with Crippen LogP contribution >= 0.6 is 11.6 Å². The molecule has 1 N–H and O–H groups in total. The van der Waals surface area contributed by atoms with Crippen molar-refractivity contribution in [1.82, 2.24) is 24.6 Å². The second-order valence-electron chi connectivity index (χ2n) is 5.49. The fraction of sp³-hybridized carbons (Fsp3) is 0.643. The van der Waals surface area contributed by atoms with Crippen molar-refractivity contribution < 1.29 is 4.79 Å². The molecule has 2 aromatic rings. The Balaban J connectivity index is 2.51. The minimum atomic E-state index is -0.269. The van der Waals surface area contributed by atoms with Crippen LogP contribution in [0.25, 0.3) is 11.2 Å². The van der Waals surface area contributed by atoms with Crippen molar-refractivity contribution in [3.05, 3.63) is 11.5 Å². The minimum Gasteiger partial charge on any atom is -0.352 e. The molecule has 0 aromatic carbocycles. The summed E-state index contributed by atoms with van der Waals surface area (Å²) in [5.41, 5.74) is 2.60. The first-order valence-corrected chi connectivity index (χ1v) is 7.64. The third kappa shape index (κ3) is 3.05. The van der Waals surface area contributed by atoms with Crippen LogP contribution in [0.4, 0.5) is 0 Å². The third-order valence-electron chi connectivity index (χ3n) is 3.26. The van der Waals surface area contributed by atoms with Gasteiger partial charge in [0.25, 0.3) is 0 Å². The number of carbonyl (C=O) groups excluding carboxylic acids is 1. The van der Waals surface area contributed by atoms with Crippen LogP contribution in [0, 0.1) is 0 Å². The maximum absolute atomic E-state index is 12.1. The van der Waals surface area contributed by atoms with E-state index in [1.54, 1.807) is 4.68 Å². The van der Waals surface area contributed by atoms with Crippen molar-refractivity contribution in [1.29, 1.82) is 0 Å². The standard InChI is InChI=1S/C14H22ClN5O/c1-6-10-12-14(19(5)18-10)20(13(17-12)9(4)15)7-11(21)16-8(2)3/h8-9H,6-7H2,1-5H3,(H,16,21). The van der Waals surface area contributed by atoms with Crippen LogP contribution in [-0.2, 0) is 24.8 Å². The number of fused-ring (bicyclic) bond motifs is 1. The highest BCUT2D eigenvalue weighted by molar-refractivity contribution is 6.20. The van der Waals surface area contributed by atoms with Crippen molar-refractivity contribution in [2.24, 2.45) is 7.05 Å². The van der Waals surface area contributed by atoms with Gasteiger partial charge in [-0.05, 0) is 27.2 Å². The van der Waals surface area contributed by atoms with Crippen LogP contribution in [0.1, 0.15) is 44.6 Å². The van der Waals surface area contributed by atoms with Crippen LogP contribution in [0.5, 0.6) is 0 Å². The lowest BCUT2D eigenvalue weighted by atomic mass is 10.3. The molecule has 21 heavy (non-hydrogen) atoms. The van der Waals surface area contributed by atoms with E-state index in [4.69, 9.17) is 11.6 Å². The van der Waals surface area contributed by atoms with Crippen molar-refractivity contribution in [3.63, 3.8) is 0 Å². The zero-order valence-electron chi connectivity index (χ0n) is 13.1. The average Bonchev–Trinajstić information content (AvgIpc) is 2.87. The largest absolute Gasteiger partial charge is 0.352 e. The Hall–Kier alpha value is -1.56. The molecule has 0 saturated heterocycles. The molecule has 1 atom stereocenters.